The molecule has 1 aliphatic carbocycles. The van der Waals surface area contributed by atoms with Crippen LogP contribution in [-0.4, -0.2) is 13.1 Å². The lowest BCUT2D eigenvalue weighted by atomic mass is 9.76. The lowest BCUT2D eigenvalue weighted by Crippen LogP contribution is -2.28. The summed E-state index contributed by atoms with van der Waals surface area (Å²) in [6, 6.07) is 7.18. The van der Waals surface area contributed by atoms with Gasteiger partial charge >= 0.3 is 0 Å². The van der Waals surface area contributed by atoms with Crippen LogP contribution in [0.3, 0.4) is 0 Å². The van der Waals surface area contributed by atoms with Gasteiger partial charge in [-0.15, -0.1) is 0 Å². The molecule has 1 nitrogen and oxygen atoms in total. The molecule has 0 bridgehead atoms. The van der Waals surface area contributed by atoms with Crippen LogP contribution in [0.15, 0.2) is 24.3 Å². The molecule has 1 aromatic carbocycles. The molecule has 100 valence electrons. The molecular formula is C16H24FN. The van der Waals surface area contributed by atoms with Crippen molar-refractivity contribution in [1.82, 2.24) is 5.32 Å². The van der Waals surface area contributed by atoms with Crippen molar-refractivity contribution >= 4 is 0 Å². The maximum atomic E-state index is 13.4. The summed E-state index contributed by atoms with van der Waals surface area (Å²) in [4.78, 5) is 0. The van der Waals surface area contributed by atoms with E-state index in [-0.39, 0.29) is 5.82 Å². The fourth-order valence-corrected chi connectivity index (χ4v) is 3.13. The first-order valence-corrected chi connectivity index (χ1v) is 7.27. The smallest absolute Gasteiger partial charge is 0.123 e. The van der Waals surface area contributed by atoms with Gasteiger partial charge in [-0.2, -0.15) is 0 Å². The van der Waals surface area contributed by atoms with E-state index in [1.54, 1.807) is 6.07 Å². The Hall–Kier alpha value is -0.890. The Morgan fingerprint density at radius 3 is 2.72 bits per heavy atom. The molecule has 1 N–H and O–H groups in total. The van der Waals surface area contributed by atoms with Gasteiger partial charge in [0, 0.05) is 6.54 Å². The van der Waals surface area contributed by atoms with Crippen molar-refractivity contribution in [3.05, 3.63) is 35.6 Å². The molecule has 0 radical (unpaired) electrons. The summed E-state index contributed by atoms with van der Waals surface area (Å²) in [6.45, 7) is 4.09. The quantitative estimate of drug-likeness (QED) is 0.828. The Balaban J connectivity index is 2.12. The molecule has 1 aromatic rings. The van der Waals surface area contributed by atoms with Crippen molar-refractivity contribution in [2.24, 2.45) is 5.92 Å². The van der Waals surface area contributed by atoms with E-state index in [2.05, 4.69) is 18.3 Å². The van der Waals surface area contributed by atoms with E-state index in [4.69, 9.17) is 0 Å². The molecule has 0 aliphatic heterocycles. The molecule has 0 aromatic heterocycles. The van der Waals surface area contributed by atoms with Gasteiger partial charge < -0.3 is 5.32 Å². The maximum Gasteiger partial charge on any atom is 0.123 e. The van der Waals surface area contributed by atoms with Crippen molar-refractivity contribution in [2.75, 3.05) is 13.1 Å². The van der Waals surface area contributed by atoms with Crippen LogP contribution < -0.4 is 5.32 Å². The second kappa shape index (κ2) is 6.89. The van der Waals surface area contributed by atoms with Gasteiger partial charge in [0.25, 0.3) is 0 Å². The molecule has 18 heavy (non-hydrogen) atoms. The molecule has 1 saturated carbocycles. The first-order valence-electron chi connectivity index (χ1n) is 7.27. The second-order valence-electron chi connectivity index (χ2n) is 5.37. The molecule has 1 aliphatic rings. The number of hydrogen-bond acceptors (Lipinski definition) is 1. The van der Waals surface area contributed by atoms with E-state index < -0.39 is 0 Å². The summed E-state index contributed by atoms with van der Waals surface area (Å²) in [7, 11) is 0. The lowest BCUT2D eigenvalue weighted by molar-refractivity contribution is 0.297. The summed E-state index contributed by atoms with van der Waals surface area (Å²) >= 11 is 0. The predicted molar refractivity (Wildman–Crippen MR) is 74.3 cm³/mol. The molecule has 0 spiro atoms. The van der Waals surface area contributed by atoms with E-state index >= 15 is 0 Å². The number of nitrogens with one attached hydrogen (secondary N) is 1. The van der Waals surface area contributed by atoms with Gasteiger partial charge in [0.2, 0.25) is 0 Å². The highest BCUT2D eigenvalue weighted by molar-refractivity contribution is 5.22. The van der Waals surface area contributed by atoms with Gasteiger partial charge in [0.05, 0.1) is 0 Å². The highest BCUT2D eigenvalue weighted by Crippen LogP contribution is 2.35. The summed E-state index contributed by atoms with van der Waals surface area (Å²) in [6.07, 6.45) is 6.64. The molecule has 0 amide bonds. The first-order chi connectivity index (χ1) is 8.81. The van der Waals surface area contributed by atoms with Crippen LogP contribution in [0.25, 0.3) is 0 Å². The number of rotatable bonds is 5. The average molecular weight is 249 g/mol. The SMILES string of the molecule is CCNCC(c1cccc(F)c1)C1CCCCC1. The third kappa shape index (κ3) is 3.55. The zero-order chi connectivity index (χ0) is 12.8. The maximum absolute atomic E-state index is 13.4. The van der Waals surface area contributed by atoms with Crippen molar-refractivity contribution in [3.63, 3.8) is 0 Å². The molecule has 2 heteroatoms. The highest BCUT2D eigenvalue weighted by atomic mass is 19.1. The minimum atomic E-state index is -0.107. The second-order valence-corrected chi connectivity index (χ2v) is 5.37. The van der Waals surface area contributed by atoms with Crippen LogP contribution in [0, 0.1) is 11.7 Å². The topological polar surface area (TPSA) is 12.0 Å². The molecule has 1 fully saturated rings. The fraction of sp³-hybridized carbons (Fsp3) is 0.625. The number of benzene rings is 1. The Bertz CT molecular complexity index is 358. The Labute approximate surface area is 110 Å². The molecule has 2 rings (SSSR count). The van der Waals surface area contributed by atoms with Crippen molar-refractivity contribution in [3.8, 4) is 0 Å². The number of halogens is 1. The van der Waals surface area contributed by atoms with Crippen molar-refractivity contribution < 1.29 is 4.39 Å². The molecule has 1 atom stereocenters. The van der Waals surface area contributed by atoms with Crippen LogP contribution in [0.5, 0.6) is 0 Å². The largest absolute Gasteiger partial charge is 0.316 e. The van der Waals surface area contributed by atoms with E-state index in [1.807, 2.05) is 6.07 Å². The van der Waals surface area contributed by atoms with E-state index in [0.717, 1.165) is 19.0 Å². The van der Waals surface area contributed by atoms with Gasteiger partial charge in [-0.05, 0) is 48.9 Å². The van der Waals surface area contributed by atoms with Crippen molar-refractivity contribution in [1.29, 1.82) is 0 Å². The summed E-state index contributed by atoms with van der Waals surface area (Å²) in [5.74, 6) is 1.09. The third-order valence-electron chi connectivity index (χ3n) is 4.11. The van der Waals surface area contributed by atoms with Crippen molar-refractivity contribution in [2.45, 2.75) is 44.9 Å². The first kappa shape index (κ1) is 13.5. The lowest BCUT2D eigenvalue weighted by Gasteiger charge is -2.31. The molecule has 0 saturated heterocycles. The monoisotopic (exact) mass is 249 g/mol. The predicted octanol–water partition coefficient (Wildman–Crippen LogP) is 4.10. The minimum Gasteiger partial charge on any atom is -0.316 e. The molecule has 1 unspecified atom stereocenters. The molecule has 0 heterocycles. The summed E-state index contributed by atoms with van der Waals surface area (Å²) < 4.78 is 13.4. The third-order valence-corrected chi connectivity index (χ3v) is 4.11. The van der Waals surface area contributed by atoms with E-state index in [1.165, 1.54) is 43.7 Å². The van der Waals surface area contributed by atoms with Gasteiger partial charge in [-0.25, -0.2) is 4.39 Å². The average Bonchev–Trinajstić information content (AvgIpc) is 2.40. The van der Waals surface area contributed by atoms with Gasteiger partial charge in [-0.1, -0.05) is 38.3 Å². The zero-order valence-electron chi connectivity index (χ0n) is 11.3. The van der Waals surface area contributed by atoms with Crippen LogP contribution in [0.4, 0.5) is 4.39 Å². The zero-order valence-corrected chi connectivity index (χ0v) is 11.3. The Morgan fingerprint density at radius 2 is 2.06 bits per heavy atom. The van der Waals surface area contributed by atoms with Crippen LogP contribution in [-0.2, 0) is 0 Å². The molecular weight excluding hydrogens is 225 g/mol. The van der Waals surface area contributed by atoms with Gasteiger partial charge in [0.1, 0.15) is 5.82 Å². The van der Waals surface area contributed by atoms with Crippen LogP contribution in [0.1, 0.15) is 50.5 Å². The highest BCUT2D eigenvalue weighted by Gasteiger charge is 2.24. The van der Waals surface area contributed by atoms with Crippen LogP contribution >= 0.6 is 0 Å². The Morgan fingerprint density at radius 1 is 1.28 bits per heavy atom. The summed E-state index contributed by atoms with van der Waals surface area (Å²) in [5, 5.41) is 3.44. The van der Waals surface area contributed by atoms with Gasteiger partial charge in [0.15, 0.2) is 0 Å². The Kier molecular flexibility index (Phi) is 5.18. The van der Waals surface area contributed by atoms with E-state index in [0.29, 0.717) is 5.92 Å². The van der Waals surface area contributed by atoms with Gasteiger partial charge in [-0.3, -0.25) is 0 Å². The van der Waals surface area contributed by atoms with E-state index in [9.17, 15) is 4.39 Å². The normalized spacial score (nSPS) is 18.8. The standard InChI is InChI=1S/C16H24FN/c1-2-18-12-16(13-7-4-3-5-8-13)14-9-6-10-15(17)11-14/h6,9-11,13,16,18H,2-5,7-8,12H2,1H3. The minimum absolute atomic E-state index is 0.107. The summed E-state index contributed by atoms with van der Waals surface area (Å²) in [5.41, 5.74) is 1.17. The number of likely N-dealkylation sites (N-methyl/N-ethyl adjacent to an activating group) is 1. The fourth-order valence-electron chi connectivity index (χ4n) is 3.13. The van der Waals surface area contributed by atoms with Crippen LogP contribution in [0.2, 0.25) is 0 Å². The number of hydrogen-bond donors (Lipinski definition) is 1.